The zero-order valence-electron chi connectivity index (χ0n) is 12.0. The van der Waals surface area contributed by atoms with Crippen molar-refractivity contribution >= 4 is 19.9 Å². The molecule has 0 heterocycles. The van der Waals surface area contributed by atoms with E-state index in [-0.39, 0.29) is 11.4 Å². The second-order valence-electron chi connectivity index (χ2n) is 4.88. The SMILES string of the molecule is CS(=O)(=O)NC[C@H](c1ccccc1)S(=O)(=O)c1ccccc1. The van der Waals surface area contributed by atoms with Gasteiger partial charge in [0.2, 0.25) is 10.0 Å². The quantitative estimate of drug-likeness (QED) is 0.869. The number of nitrogens with one attached hydrogen (secondary N) is 1. The van der Waals surface area contributed by atoms with Crippen LogP contribution in [0.25, 0.3) is 0 Å². The fraction of sp³-hybridized carbons (Fsp3) is 0.200. The van der Waals surface area contributed by atoms with E-state index in [1.165, 1.54) is 12.1 Å². The topological polar surface area (TPSA) is 80.3 Å². The number of sulfonamides is 1. The maximum absolute atomic E-state index is 12.8. The van der Waals surface area contributed by atoms with Gasteiger partial charge in [-0.3, -0.25) is 0 Å². The summed E-state index contributed by atoms with van der Waals surface area (Å²) in [5.74, 6) is 0. The number of rotatable bonds is 6. The Balaban J connectivity index is 2.44. The first kappa shape index (κ1) is 16.7. The smallest absolute Gasteiger partial charge is 0.208 e. The fourth-order valence-corrected chi connectivity index (χ4v) is 4.33. The van der Waals surface area contributed by atoms with Crippen LogP contribution in [0.5, 0.6) is 0 Å². The third-order valence-electron chi connectivity index (χ3n) is 3.15. The Morgan fingerprint density at radius 3 is 1.86 bits per heavy atom. The number of benzene rings is 2. The monoisotopic (exact) mass is 339 g/mol. The van der Waals surface area contributed by atoms with Gasteiger partial charge in [-0.2, -0.15) is 0 Å². The zero-order valence-corrected chi connectivity index (χ0v) is 13.6. The molecular formula is C15H17NO4S2. The number of hydrogen-bond donors (Lipinski definition) is 1. The van der Waals surface area contributed by atoms with Gasteiger partial charge in [0.15, 0.2) is 9.84 Å². The molecule has 0 fully saturated rings. The molecule has 5 nitrogen and oxygen atoms in total. The van der Waals surface area contributed by atoms with E-state index in [9.17, 15) is 16.8 Å². The van der Waals surface area contributed by atoms with Crippen molar-refractivity contribution in [3.63, 3.8) is 0 Å². The lowest BCUT2D eigenvalue weighted by Gasteiger charge is -2.18. The number of sulfone groups is 1. The highest BCUT2D eigenvalue weighted by Crippen LogP contribution is 2.28. The molecule has 0 spiro atoms. The van der Waals surface area contributed by atoms with E-state index in [1.54, 1.807) is 48.5 Å². The van der Waals surface area contributed by atoms with Crippen LogP contribution in [0.3, 0.4) is 0 Å². The van der Waals surface area contributed by atoms with Crippen LogP contribution < -0.4 is 4.72 Å². The van der Waals surface area contributed by atoms with E-state index in [1.807, 2.05) is 0 Å². The van der Waals surface area contributed by atoms with E-state index < -0.39 is 25.1 Å². The van der Waals surface area contributed by atoms with Crippen LogP contribution >= 0.6 is 0 Å². The summed E-state index contributed by atoms with van der Waals surface area (Å²) >= 11 is 0. The van der Waals surface area contributed by atoms with Crippen LogP contribution in [-0.2, 0) is 19.9 Å². The van der Waals surface area contributed by atoms with Crippen molar-refractivity contribution in [2.75, 3.05) is 12.8 Å². The van der Waals surface area contributed by atoms with Gasteiger partial charge in [-0.15, -0.1) is 0 Å². The summed E-state index contributed by atoms with van der Waals surface area (Å²) < 4.78 is 50.6. The molecule has 2 aromatic rings. The molecule has 118 valence electrons. The van der Waals surface area contributed by atoms with E-state index in [0.717, 1.165) is 6.26 Å². The largest absolute Gasteiger partial charge is 0.223 e. The standard InChI is InChI=1S/C15H17NO4S2/c1-21(17,18)16-12-15(13-8-4-2-5-9-13)22(19,20)14-10-6-3-7-11-14/h2-11,15-16H,12H2,1H3/t15-/m1/s1. The van der Waals surface area contributed by atoms with Crippen molar-refractivity contribution in [1.29, 1.82) is 0 Å². The van der Waals surface area contributed by atoms with Gasteiger partial charge >= 0.3 is 0 Å². The van der Waals surface area contributed by atoms with Gasteiger partial charge in [0.05, 0.1) is 11.2 Å². The maximum Gasteiger partial charge on any atom is 0.208 e. The highest BCUT2D eigenvalue weighted by molar-refractivity contribution is 7.92. The first-order chi connectivity index (χ1) is 10.3. The van der Waals surface area contributed by atoms with E-state index >= 15 is 0 Å². The molecule has 1 N–H and O–H groups in total. The Morgan fingerprint density at radius 1 is 0.864 bits per heavy atom. The zero-order chi connectivity index (χ0) is 16.2. The van der Waals surface area contributed by atoms with Crippen LogP contribution in [0, 0.1) is 0 Å². The first-order valence-electron chi connectivity index (χ1n) is 6.59. The molecular weight excluding hydrogens is 322 g/mol. The van der Waals surface area contributed by atoms with Crippen molar-refractivity contribution < 1.29 is 16.8 Å². The van der Waals surface area contributed by atoms with Gasteiger partial charge in [0.25, 0.3) is 0 Å². The molecule has 0 amide bonds. The van der Waals surface area contributed by atoms with Crippen molar-refractivity contribution in [1.82, 2.24) is 4.72 Å². The lowest BCUT2D eigenvalue weighted by molar-refractivity contribution is 0.571. The lowest BCUT2D eigenvalue weighted by atomic mass is 10.1. The minimum absolute atomic E-state index is 0.166. The molecule has 0 bridgehead atoms. The third kappa shape index (κ3) is 4.16. The molecule has 0 saturated heterocycles. The minimum atomic E-state index is -3.70. The van der Waals surface area contributed by atoms with E-state index in [0.29, 0.717) is 5.56 Å². The van der Waals surface area contributed by atoms with E-state index in [2.05, 4.69) is 4.72 Å². The molecule has 0 radical (unpaired) electrons. The molecule has 0 aliphatic heterocycles. The molecule has 0 unspecified atom stereocenters. The summed E-state index contributed by atoms with van der Waals surface area (Å²) in [5.41, 5.74) is 0.544. The molecule has 0 aliphatic rings. The van der Waals surface area contributed by atoms with E-state index in [4.69, 9.17) is 0 Å². The van der Waals surface area contributed by atoms with Crippen LogP contribution in [0.1, 0.15) is 10.8 Å². The number of hydrogen-bond acceptors (Lipinski definition) is 4. The van der Waals surface area contributed by atoms with Crippen molar-refractivity contribution in [2.45, 2.75) is 10.1 Å². The molecule has 2 rings (SSSR count). The Labute approximate surface area is 131 Å². The fourth-order valence-electron chi connectivity index (χ4n) is 2.08. The predicted molar refractivity (Wildman–Crippen MR) is 85.7 cm³/mol. The van der Waals surface area contributed by atoms with Crippen molar-refractivity contribution in [2.24, 2.45) is 0 Å². The van der Waals surface area contributed by atoms with Gasteiger partial charge in [0.1, 0.15) is 5.25 Å². The van der Waals surface area contributed by atoms with Gasteiger partial charge in [0, 0.05) is 6.54 Å². The molecule has 0 saturated carbocycles. The Morgan fingerprint density at radius 2 is 1.36 bits per heavy atom. The Hall–Kier alpha value is -1.70. The van der Waals surface area contributed by atoms with Crippen LogP contribution in [0.2, 0.25) is 0 Å². The molecule has 2 aromatic carbocycles. The normalized spacial score (nSPS) is 13.7. The summed E-state index contributed by atoms with van der Waals surface area (Å²) in [5, 5.41) is -0.981. The molecule has 22 heavy (non-hydrogen) atoms. The first-order valence-corrected chi connectivity index (χ1v) is 10.0. The minimum Gasteiger partial charge on any atom is -0.223 e. The van der Waals surface area contributed by atoms with Gasteiger partial charge in [-0.1, -0.05) is 48.5 Å². The van der Waals surface area contributed by atoms with Gasteiger partial charge < -0.3 is 0 Å². The van der Waals surface area contributed by atoms with Gasteiger partial charge in [-0.25, -0.2) is 21.6 Å². The molecule has 1 atom stereocenters. The molecule has 0 aliphatic carbocycles. The maximum atomic E-state index is 12.8. The van der Waals surface area contributed by atoms with Crippen LogP contribution in [-0.4, -0.2) is 29.6 Å². The summed E-state index contributed by atoms with van der Waals surface area (Å²) in [7, 11) is -7.19. The predicted octanol–water partition coefficient (Wildman–Crippen LogP) is 1.75. The highest BCUT2D eigenvalue weighted by atomic mass is 32.2. The Bertz CT molecular complexity index is 816. The molecule has 0 aromatic heterocycles. The average Bonchev–Trinajstić information content (AvgIpc) is 2.48. The van der Waals surface area contributed by atoms with Crippen LogP contribution in [0.4, 0.5) is 0 Å². The van der Waals surface area contributed by atoms with Crippen LogP contribution in [0.15, 0.2) is 65.6 Å². The summed E-state index contributed by atoms with van der Waals surface area (Å²) in [6.45, 7) is -0.208. The summed E-state index contributed by atoms with van der Waals surface area (Å²) in [6.07, 6.45) is 1.00. The van der Waals surface area contributed by atoms with Crippen molar-refractivity contribution in [3.05, 3.63) is 66.2 Å². The Kier molecular flexibility index (Phi) is 5.00. The summed E-state index contributed by atoms with van der Waals surface area (Å²) in [6, 6.07) is 16.6. The summed E-state index contributed by atoms with van der Waals surface area (Å²) in [4.78, 5) is 0.166. The average molecular weight is 339 g/mol. The molecule has 7 heteroatoms. The third-order valence-corrected chi connectivity index (χ3v) is 5.96. The second-order valence-corrected chi connectivity index (χ2v) is 8.84. The lowest BCUT2D eigenvalue weighted by Crippen LogP contribution is -2.31. The van der Waals surface area contributed by atoms with Crippen molar-refractivity contribution in [3.8, 4) is 0 Å². The second kappa shape index (κ2) is 6.60. The van der Waals surface area contributed by atoms with Gasteiger partial charge in [-0.05, 0) is 17.7 Å². The highest BCUT2D eigenvalue weighted by Gasteiger charge is 2.29.